The molecule has 1 fully saturated rings. The largest absolute Gasteiger partial charge is 0.313 e. The second-order valence-corrected chi connectivity index (χ2v) is 4.66. The zero-order valence-electron chi connectivity index (χ0n) is 9.37. The number of H-pyrrole nitrogens is 1. The van der Waals surface area contributed by atoms with Gasteiger partial charge < -0.3 is 5.32 Å². The van der Waals surface area contributed by atoms with E-state index in [2.05, 4.69) is 33.7 Å². The van der Waals surface area contributed by atoms with E-state index in [4.69, 9.17) is 0 Å². The molecule has 1 aliphatic rings. The van der Waals surface area contributed by atoms with E-state index < -0.39 is 0 Å². The fourth-order valence-corrected chi connectivity index (χ4v) is 2.11. The summed E-state index contributed by atoms with van der Waals surface area (Å²) in [6.07, 6.45) is 6.09. The Morgan fingerprint density at radius 3 is 3.19 bits per heavy atom. The Hall–Kier alpha value is -1.35. The molecule has 0 unspecified atom stereocenters. The van der Waals surface area contributed by atoms with Gasteiger partial charge in [0.2, 0.25) is 0 Å². The predicted octanol–water partition coefficient (Wildman–Crippen LogP) is 2.45. The summed E-state index contributed by atoms with van der Waals surface area (Å²) < 4.78 is 0. The number of nitrogens with zero attached hydrogens (tertiary/aromatic N) is 1. The molecule has 1 aromatic heterocycles. The molecule has 0 saturated heterocycles. The number of aromatic nitrogens is 2. The highest BCUT2D eigenvalue weighted by molar-refractivity contribution is 5.81. The number of benzene rings is 1. The van der Waals surface area contributed by atoms with Crippen LogP contribution in [-0.4, -0.2) is 16.7 Å². The third-order valence-electron chi connectivity index (χ3n) is 3.30. The zero-order chi connectivity index (χ0) is 10.8. The minimum Gasteiger partial charge on any atom is -0.313 e. The van der Waals surface area contributed by atoms with Crippen LogP contribution in [0.4, 0.5) is 0 Å². The smallest absolute Gasteiger partial charge is 0.0695 e. The number of para-hydroxylation sites is 1. The number of nitrogens with one attached hydrogen (secondary N) is 2. The lowest BCUT2D eigenvalue weighted by Gasteiger charge is -2.05. The van der Waals surface area contributed by atoms with Gasteiger partial charge in [-0.3, -0.25) is 5.10 Å². The number of rotatable bonds is 5. The fourth-order valence-electron chi connectivity index (χ4n) is 2.11. The first-order valence-corrected chi connectivity index (χ1v) is 6.05. The van der Waals surface area contributed by atoms with Crippen molar-refractivity contribution in [3.05, 3.63) is 30.0 Å². The van der Waals surface area contributed by atoms with Crippen molar-refractivity contribution >= 4 is 10.9 Å². The summed E-state index contributed by atoms with van der Waals surface area (Å²) in [6, 6.07) is 6.34. The number of hydrogen-bond donors (Lipinski definition) is 2. The van der Waals surface area contributed by atoms with Gasteiger partial charge in [-0.1, -0.05) is 31.0 Å². The summed E-state index contributed by atoms with van der Waals surface area (Å²) in [5.74, 6) is 1.01. The Bertz CT molecular complexity index is 471. The molecule has 1 aromatic carbocycles. The number of aromatic amines is 1. The molecular formula is C13H17N3. The molecule has 0 aliphatic heterocycles. The van der Waals surface area contributed by atoms with Crippen LogP contribution in [0.2, 0.25) is 0 Å². The van der Waals surface area contributed by atoms with Gasteiger partial charge in [0.15, 0.2) is 0 Å². The van der Waals surface area contributed by atoms with Crippen molar-refractivity contribution < 1.29 is 0 Å². The Balaban J connectivity index is 1.61. The van der Waals surface area contributed by atoms with Crippen LogP contribution in [0.25, 0.3) is 10.9 Å². The van der Waals surface area contributed by atoms with Crippen LogP contribution in [0.5, 0.6) is 0 Å². The lowest BCUT2D eigenvalue weighted by Crippen LogP contribution is -2.15. The molecule has 0 spiro atoms. The topological polar surface area (TPSA) is 40.7 Å². The van der Waals surface area contributed by atoms with Crippen LogP contribution in [-0.2, 0) is 6.54 Å². The molecule has 2 N–H and O–H groups in total. The van der Waals surface area contributed by atoms with Gasteiger partial charge in [-0.15, -0.1) is 0 Å². The Labute approximate surface area is 95.2 Å². The average molecular weight is 215 g/mol. The third kappa shape index (κ3) is 2.09. The summed E-state index contributed by atoms with van der Waals surface area (Å²) in [5.41, 5.74) is 2.48. The molecule has 84 valence electrons. The van der Waals surface area contributed by atoms with E-state index in [1.807, 2.05) is 6.20 Å². The van der Waals surface area contributed by atoms with Gasteiger partial charge >= 0.3 is 0 Å². The van der Waals surface area contributed by atoms with Gasteiger partial charge in [0.25, 0.3) is 0 Å². The number of fused-ring (bicyclic) bond motifs is 1. The lowest BCUT2D eigenvalue weighted by atomic mass is 10.1. The van der Waals surface area contributed by atoms with Gasteiger partial charge in [-0.2, -0.15) is 5.10 Å². The van der Waals surface area contributed by atoms with Crippen molar-refractivity contribution in [1.82, 2.24) is 15.5 Å². The van der Waals surface area contributed by atoms with Gasteiger partial charge in [-0.25, -0.2) is 0 Å². The molecule has 0 atom stereocenters. The molecule has 1 heterocycles. The standard InChI is InChI=1S/C13H17N3/c1-2-11(8-14-7-6-10-4-5-10)13-12(3-1)9-15-16-13/h1-3,9-10,14H,4-8H2,(H,15,16). The SMILES string of the molecule is c1cc(CNCCC2CC2)c2[nH]ncc2c1. The molecule has 1 saturated carbocycles. The fraction of sp³-hybridized carbons (Fsp3) is 0.462. The second kappa shape index (κ2) is 4.26. The molecule has 1 aliphatic carbocycles. The van der Waals surface area contributed by atoms with E-state index in [9.17, 15) is 0 Å². The van der Waals surface area contributed by atoms with Crippen LogP contribution in [0, 0.1) is 5.92 Å². The first-order valence-electron chi connectivity index (χ1n) is 6.05. The zero-order valence-corrected chi connectivity index (χ0v) is 9.37. The molecule has 2 aromatic rings. The van der Waals surface area contributed by atoms with E-state index in [0.29, 0.717) is 0 Å². The first kappa shape index (κ1) is 9.85. The van der Waals surface area contributed by atoms with Crippen molar-refractivity contribution in [2.75, 3.05) is 6.54 Å². The van der Waals surface area contributed by atoms with E-state index >= 15 is 0 Å². The first-order chi connectivity index (χ1) is 7.93. The minimum absolute atomic E-state index is 0.937. The minimum atomic E-state index is 0.937. The number of hydrogen-bond acceptors (Lipinski definition) is 2. The summed E-state index contributed by atoms with van der Waals surface area (Å²) in [5, 5.41) is 11.8. The van der Waals surface area contributed by atoms with Crippen LogP contribution < -0.4 is 5.32 Å². The van der Waals surface area contributed by atoms with Crippen LogP contribution in [0.3, 0.4) is 0 Å². The van der Waals surface area contributed by atoms with Crippen molar-refractivity contribution in [3.63, 3.8) is 0 Å². The van der Waals surface area contributed by atoms with Crippen LogP contribution >= 0.6 is 0 Å². The Morgan fingerprint density at radius 1 is 1.38 bits per heavy atom. The van der Waals surface area contributed by atoms with Crippen LogP contribution in [0.1, 0.15) is 24.8 Å². The maximum atomic E-state index is 4.08. The van der Waals surface area contributed by atoms with Crippen molar-refractivity contribution in [1.29, 1.82) is 0 Å². The lowest BCUT2D eigenvalue weighted by molar-refractivity contribution is 0.614. The van der Waals surface area contributed by atoms with E-state index in [-0.39, 0.29) is 0 Å². The summed E-state index contributed by atoms with van der Waals surface area (Å²) in [4.78, 5) is 0. The van der Waals surface area contributed by atoms with Gasteiger partial charge in [0.05, 0.1) is 11.7 Å². The molecule has 3 heteroatoms. The van der Waals surface area contributed by atoms with Crippen LogP contribution in [0.15, 0.2) is 24.4 Å². The maximum Gasteiger partial charge on any atom is 0.0695 e. The normalized spacial score (nSPS) is 15.8. The van der Waals surface area contributed by atoms with E-state index in [1.54, 1.807) is 0 Å². The molecule has 3 nitrogen and oxygen atoms in total. The monoisotopic (exact) mass is 215 g/mol. The van der Waals surface area contributed by atoms with E-state index in [0.717, 1.165) is 19.0 Å². The quantitative estimate of drug-likeness (QED) is 0.752. The molecule has 0 amide bonds. The van der Waals surface area contributed by atoms with Gasteiger partial charge in [0.1, 0.15) is 0 Å². The molecular weight excluding hydrogens is 198 g/mol. The Kier molecular flexibility index (Phi) is 2.62. The van der Waals surface area contributed by atoms with Crippen molar-refractivity contribution in [3.8, 4) is 0 Å². The molecule has 0 radical (unpaired) electrons. The summed E-state index contributed by atoms with van der Waals surface area (Å²) in [7, 11) is 0. The highest BCUT2D eigenvalue weighted by atomic mass is 15.1. The summed E-state index contributed by atoms with van der Waals surface area (Å²) >= 11 is 0. The molecule has 16 heavy (non-hydrogen) atoms. The maximum absolute atomic E-state index is 4.08. The predicted molar refractivity (Wildman–Crippen MR) is 65.1 cm³/mol. The third-order valence-corrected chi connectivity index (χ3v) is 3.30. The highest BCUT2D eigenvalue weighted by Crippen LogP contribution is 2.31. The molecule has 3 rings (SSSR count). The summed E-state index contributed by atoms with van der Waals surface area (Å²) in [6.45, 7) is 2.07. The van der Waals surface area contributed by atoms with Crippen molar-refractivity contribution in [2.24, 2.45) is 5.92 Å². The Morgan fingerprint density at radius 2 is 2.31 bits per heavy atom. The van der Waals surface area contributed by atoms with Gasteiger partial charge in [0, 0.05) is 11.9 Å². The van der Waals surface area contributed by atoms with Crippen molar-refractivity contribution in [2.45, 2.75) is 25.8 Å². The van der Waals surface area contributed by atoms with E-state index in [1.165, 1.54) is 35.7 Å². The molecule has 0 bridgehead atoms. The highest BCUT2D eigenvalue weighted by Gasteiger charge is 2.19. The average Bonchev–Trinajstić information content (AvgIpc) is 3.00. The van der Waals surface area contributed by atoms with Gasteiger partial charge in [-0.05, 0) is 24.4 Å². The second-order valence-electron chi connectivity index (χ2n) is 4.66.